The lowest BCUT2D eigenvalue weighted by Gasteiger charge is -2.17. The van der Waals surface area contributed by atoms with Gasteiger partial charge in [0.1, 0.15) is 0 Å². The number of anilines is 1. The van der Waals surface area contributed by atoms with Crippen LogP contribution in [0.1, 0.15) is 60.7 Å². The summed E-state index contributed by atoms with van der Waals surface area (Å²) in [4.78, 5) is 57.4. The summed E-state index contributed by atoms with van der Waals surface area (Å²) in [5, 5.41) is 2.76. The molecule has 0 aliphatic rings. The number of nitrogens with one attached hydrogen (secondary N) is 1. The molecule has 1 aromatic heterocycles. The van der Waals surface area contributed by atoms with Crippen LogP contribution in [0.2, 0.25) is 0 Å². The van der Waals surface area contributed by atoms with Crippen LogP contribution in [0.3, 0.4) is 0 Å². The Morgan fingerprint density at radius 1 is 0.873 bits per heavy atom. The van der Waals surface area contributed by atoms with E-state index in [0.29, 0.717) is 29.7 Å². The average molecular weight is 790 g/mol. The van der Waals surface area contributed by atoms with Crippen molar-refractivity contribution in [1.82, 2.24) is 9.88 Å². The molecule has 0 saturated carbocycles. The van der Waals surface area contributed by atoms with Gasteiger partial charge in [0.05, 0.1) is 55.0 Å². The second-order valence-electron chi connectivity index (χ2n) is 11.7. The SMILES string of the molecule is COC(=O)c1cc(OC)c(OC(=O)CCCc2ccc(NC(=O)c3ccc(C)nc3-c3ccc(C(F)(F)F)cc3)c(C(=O)N(C)C)c2)c(OC)c1.O=S(O)O. The van der Waals surface area contributed by atoms with Crippen molar-refractivity contribution in [3.8, 4) is 28.5 Å². The molecule has 0 bridgehead atoms. The highest BCUT2D eigenvalue weighted by Crippen LogP contribution is 2.39. The summed E-state index contributed by atoms with van der Waals surface area (Å²) in [5.74, 6) is -2.04. The fourth-order valence-electron chi connectivity index (χ4n) is 5.06. The van der Waals surface area contributed by atoms with Crippen molar-refractivity contribution in [3.63, 3.8) is 0 Å². The highest BCUT2D eigenvalue weighted by Gasteiger charge is 2.30. The molecular weight excluding hydrogens is 751 g/mol. The van der Waals surface area contributed by atoms with Crippen molar-refractivity contribution < 1.29 is 64.6 Å². The number of benzene rings is 3. The van der Waals surface area contributed by atoms with E-state index < -0.39 is 46.9 Å². The minimum absolute atomic E-state index is 0.00173. The molecular formula is C37H38F3N3O11S. The Labute approximate surface area is 316 Å². The lowest BCUT2D eigenvalue weighted by atomic mass is 10.0. The molecule has 294 valence electrons. The molecule has 0 radical (unpaired) electrons. The van der Waals surface area contributed by atoms with Gasteiger partial charge >= 0.3 is 18.1 Å². The van der Waals surface area contributed by atoms with Crippen molar-refractivity contribution in [2.45, 2.75) is 32.4 Å². The van der Waals surface area contributed by atoms with Crippen LogP contribution in [0.25, 0.3) is 11.3 Å². The van der Waals surface area contributed by atoms with E-state index in [-0.39, 0.29) is 51.7 Å². The highest BCUT2D eigenvalue weighted by molar-refractivity contribution is 7.73. The first kappa shape index (κ1) is 43.6. The lowest BCUT2D eigenvalue weighted by molar-refractivity contribution is -0.137. The number of amides is 2. The molecule has 18 heteroatoms. The monoisotopic (exact) mass is 789 g/mol. The number of carbonyl (C=O) groups is 4. The van der Waals surface area contributed by atoms with Crippen molar-refractivity contribution >= 4 is 40.8 Å². The first-order chi connectivity index (χ1) is 25.9. The van der Waals surface area contributed by atoms with Crippen molar-refractivity contribution in [2.24, 2.45) is 0 Å². The van der Waals surface area contributed by atoms with Gasteiger partial charge in [-0.15, -0.1) is 0 Å². The van der Waals surface area contributed by atoms with Gasteiger partial charge in [-0.3, -0.25) is 28.5 Å². The summed E-state index contributed by atoms with van der Waals surface area (Å²) in [6, 6.07) is 15.1. The number of pyridine rings is 1. The van der Waals surface area contributed by atoms with Crippen LogP contribution in [0.5, 0.6) is 17.2 Å². The standard InChI is InChI=1S/C37H36F3N3O8.H2O3S/c1-21-10-16-26(32(41-21)23-12-14-25(15-13-23)37(38,39)40)34(45)42-28-17-11-22(18-27(28)35(46)43(2)3)8-7-9-31(44)51-33-29(48-4)19-24(36(47)50-6)20-30(33)49-5;1-4(2)3/h10-20H,7-9H2,1-6H3,(H,42,45);(H2,1,2,3). The molecule has 3 N–H and O–H groups in total. The quantitative estimate of drug-likeness (QED) is 0.0810. The van der Waals surface area contributed by atoms with Gasteiger partial charge in [0, 0.05) is 31.8 Å². The van der Waals surface area contributed by atoms with E-state index in [1.165, 1.54) is 56.6 Å². The van der Waals surface area contributed by atoms with Gasteiger partial charge in [0.25, 0.3) is 23.2 Å². The predicted octanol–water partition coefficient (Wildman–Crippen LogP) is 6.44. The minimum atomic E-state index is -4.52. The number of hydrogen-bond donors (Lipinski definition) is 3. The van der Waals surface area contributed by atoms with Gasteiger partial charge in [0.15, 0.2) is 11.5 Å². The Morgan fingerprint density at radius 2 is 1.47 bits per heavy atom. The number of hydrogen-bond acceptors (Lipinski definition) is 10. The lowest BCUT2D eigenvalue weighted by Crippen LogP contribution is -2.24. The summed E-state index contributed by atoms with van der Waals surface area (Å²) >= 11 is -2.61. The smallest absolute Gasteiger partial charge is 0.416 e. The normalized spacial score (nSPS) is 10.8. The Balaban J connectivity index is 0.00000193. The molecule has 0 unspecified atom stereocenters. The van der Waals surface area contributed by atoms with Crippen LogP contribution >= 0.6 is 0 Å². The first-order valence-electron chi connectivity index (χ1n) is 16.1. The van der Waals surface area contributed by atoms with E-state index in [9.17, 15) is 32.3 Å². The number of nitrogens with zero attached hydrogens (tertiary/aromatic N) is 2. The second kappa shape index (κ2) is 19.5. The maximum atomic E-state index is 13.6. The molecule has 55 heavy (non-hydrogen) atoms. The third-order valence-corrected chi connectivity index (χ3v) is 7.68. The number of methoxy groups -OCH3 is 3. The largest absolute Gasteiger partial charge is 0.493 e. The third-order valence-electron chi connectivity index (χ3n) is 7.68. The number of carbonyl (C=O) groups excluding carboxylic acids is 4. The molecule has 4 aromatic rings. The zero-order valence-electron chi connectivity index (χ0n) is 30.5. The minimum Gasteiger partial charge on any atom is -0.493 e. The van der Waals surface area contributed by atoms with Crippen LogP contribution in [0.15, 0.2) is 66.7 Å². The zero-order valence-corrected chi connectivity index (χ0v) is 31.3. The van der Waals surface area contributed by atoms with E-state index in [0.717, 1.165) is 12.1 Å². The molecule has 4 rings (SSSR count). The molecule has 0 aliphatic heterocycles. The topological polar surface area (TPSA) is 191 Å². The van der Waals surface area contributed by atoms with Crippen molar-refractivity contribution in [1.29, 1.82) is 0 Å². The number of aromatic nitrogens is 1. The summed E-state index contributed by atoms with van der Waals surface area (Å²) in [5.41, 5.74) is 1.54. The van der Waals surface area contributed by atoms with Gasteiger partial charge in [-0.05, 0) is 73.9 Å². The molecule has 14 nitrogen and oxygen atoms in total. The Morgan fingerprint density at radius 3 is 2.00 bits per heavy atom. The number of ether oxygens (including phenoxy) is 4. The summed E-state index contributed by atoms with van der Waals surface area (Å²) in [7, 11) is 7.04. The van der Waals surface area contributed by atoms with Crippen molar-refractivity contribution in [3.05, 3.63) is 100 Å². The van der Waals surface area contributed by atoms with Gasteiger partial charge in [-0.1, -0.05) is 18.2 Å². The van der Waals surface area contributed by atoms with Gasteiger partial charge in [-0.2, -0.15) is 17.4 Å². The van der Waals surface area contributed by atoms with Crippen LogP contribution in [0.4, 0.5) is 18.9 Å². The van der Waals surface area contributed by atoms with E-state index in [1.54, 1.807) is 45.3 Å². The van der Waals surface area contributed by atoms with Crippen LogP contribution in [-0.2, 0) is 33.5 Å². The van der Waals surface area contributed by atoms with Crippen LogP contribution < -0.4 is 19.5 Å². The predicted molar refractivity (Wildman–Crippen MR) is 195 cm³/mol. The summed E-state index contributed by atoms with van der Waals surface area (Å²) in [6.07, 6.45) is -3.84. The van der Waals surface area contributed by atoms with Crippen molar-refractivity contribution in [2.75, 3.05) is 40.7 Å². The van der Waals surface area contributed by atoms with Gasteiger partial charge in [0.2, 0.25) is 5.75 Å². The van der Waals surface area contributed by atoms with Crippen LogP contribution in [-0.4, -0.2) is 82.4 Å². The molecule has 0 fully saturated rings. The number of esters is 2. The van der Waals surface area contributed by atoms with E-state index in [2.05, 4.69) is 10.3 Å². The number of halogens is 3. The zero-order chi connectivity index (χ0) is 41.0. The molecule has 3 aromatic carbocycles. The Bertz CT molecular complexity index is 2030. The molecule has 0 spiro atoms. The maximum absolute atomic E-state index is 13.6. The molecule has 1 heterocycles. The second-order valence-corrected chi connectivity index (χ2v) is 12.2. The fourth-order valence-corrected chi connectivity index (χ4v) is 5.06. The Kier molecular flexibility index (Phi) is 15.4. The van der Waals surface area contributed by atoms with E-state index in [4.69, 9.17) is 32.3 Å². The summed E-state index contributed by atoms with van der Waals surface area (Å²) < 4.78 is 83.1. The molecule has 2 amide bonds. The maximum Gasteiger partial charge on any atom is 0.416 e. The average Bonchev–Trinajstić information content (AvgIpc) is 3.14. The number of alkyl halides is 3. The third kappa shape index (κ3) is 12.1. The van der Waals surface area contributed by atoms with Gasteiger partial charge in [-0.25, -0.2) is 4.79 Å². The van der Waals surface area contributed by atoms with Crippen LogP contribution in [0, 0.1) is 6.92 Å². The number of rotatable bonds is 12. The van der Waals surface area contributed by atoms with Gasteiger partial charge < -0.3 is 29.2 Å². The van der Waals surface area contributed by atoms with E-state index in [1.807, 2.05) is 0 Å². The highest BCUT2D eigenvalue weighted by atomic mass is 32.2. The molecule has 0 saturated heterocycles. The molecule has 0 atom stereocenters. The number of aryl methyl sites for hydroxylation is 2. The molecule has 0 aliphatic carbocycles. The fraction of sp³-hybridized carbons (Fsp3) is 0.270. The van der Waals surface area contributed by atoms with E-state index >= 15 is 0 Å². The first-order valence-corrected chi connectivity index (χ1v) is 17.1. The summed E-state index contributed by atoms with van der Waals surface area (Å²) in [6.45, 7) is 1.69. The Hall–Kier alpha value is -5.85.